The quantitative estimate of drug-likeness (QED) is 0.584. The van der Waals surface area contributed by atoms with Crippen LogP contribution in [0.5, 0.6) is 0 Å². The Kier molecular flexibility index (Phi) is 6.05. The Hall–Kier alpha value is -2.63. The van der Waals surface area contributed by atoms with Crippen LogP contribution in [0.2, 0.25) is 10.0 Å². The summed E-state index contributed by atoms with van der Waals surface area (Å²) in [4.78, 5) is 12.3. The van der Waals surface area contributed by atoms with Crippen LogP contribution < -0.4 is 4.72 Å². The van der Waals surface area contributed by atoms with Crippen molar-refractivity contribution >= 4 is 39.1 Å². The second-order valence-corrected chi connectivity index (χ2v) is 8.99. The highest BCUT2D eigenvalue weighted by atomic mass is 35.5. The summed E-state index contributed by atoms with van der Waals surface area (Å²) >= 11 is 11.8. The predicted molar refractivity (Wildman–Crippen MR) is 107 cm³/mol. The number of amides is 1. The van der Waals surface area contributed by atoms with Gasteiger partial charge in [-0.2, -0.15) is 13.2 Å². The van der Waals surface area contributed by atoms with Crippen LogP contribution in [-0.4, -0.2) is 29.3 Å². The number of carbonyl (C=O) groups is 1. The molecule has 0 atom stereocenters. The average Bonchev–Trinajstić information content (AvgIpc) is 3.11. The van der Waals surface area contributed by atoms with E-state index < -0.39 is 33.5 Å². The second kappa shape index (κ2) is 8.13. The molecule has 0 radical (unpaired) electrons. The van der Waals surface area contributed by atoms with Crippen molar-refractivity contribution in [2.75, 3.05) is 0 Å². The highest BCUT2D eigenvalue weighted by molar-refractivity contribution is 7.90. The minimum atomic E-state index is -5.12. The molecule has 7 nitrogen and oxygen atoms in total. The van der Waals surface area contributed by atoms with Crippen LogP contribution in [0.3, 0.4) is 0 Å². The van der Waals surface area contributed by atoms with E-state index in [0.29, 0.717) is 11.1 Å². The molecule has 0 aliphatic rings. The van der Waals surface area contributed by atoms with Crippen molar-refractivity contribution < 1.29 is 26.4 Å². The molecule has 0 aliphatic carbocycles. The molecule has 0 fully saturated rings. The molecule has 0 saturated heterocycles. The fourth-order valence-electron chi connectivity index (χ4n) is 2.73. The van der Waals surface area contributed by atoms with E-state index in [9.17, 15) is 26.4 Å². The van der Waals surface area contributed by atoms with E-state index in [2.05, 4.69) is 10.3 Å². The van der Waals surface area contributed by atoms with Crippen molar-refractivity contribution in [1.29, 1.82) is 0 Å². The first kappa shape index (κ1) is 23.0. The van der Waals surface area contributed by atoms with Crippen molar-refractivity contribution in [2.24, 2.45) is 0 Å². The van der Waals surface area contributed by atoms with Gasteiger partial charge in [0.15, 0.2) is 11.4 Å². The van der Waals surface area contributed by atoms with Crippen LogP contribution in [0.4, 0.5) is 13.2 Å². The monoisotopic (exact) mass is 492 g/mol. The van der Waals surface area contributed by atoms with Gasteiger partial charge >= 0.3 is 6.18 Å². The average molecular weight is 493 g/mol. The molecule has 3 rings (SSSR count). The molecule has 1 heterocycles. The van der Waals surface area contributed by atoms with Gasteiger partial charge in [0.1, 0.15) is 0 Å². The van der Waals surface area contributed by atoms with E-state index in [1.165, 1.54) is 31.2 Å². The minimum absolute atomic E-state index is 0.0616. The Morgan fingerprint density at radius 1 is 1.10 bits per heavy atom. The zero-order valence-corrected chi connectivity index (χ0v) is 18.2. The van der Waals surface area contributed by atoms with Gasteiger partial charge in [-0.3, -0.25) is 4.79 Å². The first-order chi connectivity index (χ1) is 14.3. The van der Waals surface area contributed by atoms with Gasteiger partial charge in [0.05, 0.1) is 15.6 Å². The van der Waals surface area contributed by atoms with Gasteiger partial charge in [-0.05, 0) is 49.2 Å². The first-order valence-corrected chi connectivity index (χ1v) is 10.7. The number of alkyl halides is 3. The number of aryl methyl sites for hydroxylation is 2. The fourth-order valence-corrected chi connectivity index (χ4v) is 4.38. The maximum atomic E-state index is 13.8. The van der Waals surface area contributed by atoms with Gasteiger partial charge in [-0.25, -0.2) is 17.8 Å². The predicted octanol–water partition coefficient (Wildman–Crippen LogP) is 4.33. The van der Waals surface area contributed by atoms with Gasteiger partial charge in [0, 0.05) is 5.02 Å². The summed E-state index contributed by atoms with van der Waals surface area (Å²) in [6, 6.07) is 8.14. The normalized spacial score (nSPS) is 12.1. The summed E-state index contributed by atoms with van der Waals surface area (Å²) in [5.41, 5.74) is -2.25. The molecule has 0 bridgehead atoms. The number of rotatable bonds is 4. The number of hydrogen-bond acceptors (Lipinski definition) is 5. The molecular formula is C18H13Cl2F3N4O3S. The lowest BCUT2D eigenvalue weighted by atomic mass is 10.2. The summed E-state index contributed by atoms with van der Waals surface area (Å²) in [7, 11) is -4.48. The van der Waals surface area contributed by atoms with E-state index >= 15 is 0 Å². The summed E-state index contributed by atoms with van der Waals surface area (Å²) in [5, 5.41) is 6.54. The molecular weight excluding hydrogens is 480 g/mol. The van der Waals surface area contributed by atoms with Crippen LogP contribution in [0, 0.1) is 13.8 Å². The maximum absolute atomic E-state index is 13.8. The zero-order chi connectivity index (χ0) is 23.1. The number of sulfonamides is 1. The molecule has 1 aromatic heterocycles. The molecule has 0 unspecified atom stereocenters. The zero-order valence-electron chi connectivity index (χ0n) is 15.8. The van der Waals surface area contributed by atoms with Crippen molar-refractivity contribution in [3.05, 3.63) is 69.0 Å². The van der Waals surface area contributed by atoms with Crippen LogP contribution in [0.25, 0.3) is 5.69 Å². The third-order valence-corrected chi connectivity index (χ3v) is 6.18. The SMILES string of the molecule is Cc1ccc(C)c(S(=O)(=O)NC(=O)c2nnn(-c3cc(Cl)ccc3Cl)c2C(F)(F)F)c1. The van der Waals surface area contributed by atoms with E-state index in [1.807, 2.05) is 0 Å². The Bertz CT molecular complexity index is 1290. The number of halogens is 5. The lowest BCUT2D eigenvalue weighted by Crippen LogP contribution is -2.33. The number of hydrogen-bond donors (Lipinski definition) is 1. The summed E-state index contributed by atoms with van der Waals surface area (Å²) < 4.78 is 68.5. The lowest BCUT2D eigenvalue weighted by Gasteiger charge is -2.13. The molecule has 1 N–H and O–H groups in total. The molecule has 13 heteroatoms. The van der Waals surface area contributed by atoms with Crippen LogP contribution in [-0.2, 0) is 16.2 Å². The largest absolute Gasteiger partial charge is 0.435 e. The Balaban J connectivity index is 2.09. The molecule has 1 amide bonds. The highest BCUT2D eigenvalue weighted by Gasteiger charge is 2.43. The van der Waals surface area contributed by atoms with E-state index in [-0.39, 0.29) is 25.3 Å². The third kappa shape index (κ3) is 4.68. The van der Waals surface area contributed by atoms with Gasteiger partial charge < -0.3 is 0 Å². The fraction of sp³-hybridized carbons (Fsp3) is 0.167. The lowest BCUT2D eigenvalue weighted by molar-refractivity contribution is -0.143. The molecule has 3 aromatic rings. The summed E-state index contributed by atoms with van der Waals surface area (Å²) in [6.45, 7) is 3.11. The van der Waals surface area contributed by atoms with Crippen LogP contribution in [0.1, 0.15) is 27.3 Å². The topological polar surface area (TPSA) is 93.9 Å². The summed E-state index contributed by atoms with van der Waals surface area (Å²) in [5.74, 6) is -1.60. The van der Waals surface area contributed by atoms with Gasteiger partial charge in [0.25, 0.3) is 15.9 Å². The number of nitrogens with zero attached hydrogens (tertiary/aromatic N) is 3. The first-order valence-electron chi connectivity index (χ1n) is 8.44. The molecule has 0 aliphatic heterocycles. The highest BCUT2D eigenvalue weighted by Crippen LogP contribution is 2.35. The number of aromatic nitrogens is 3. The Morgan fingerprint density at radius 3 is 2.42 bits per heavy atom. The standard InChI is InChI=1S/C18H13Cl2F3N4O3S/c1-9-3-4-10(2)14(7-9)31(29,30)25-17(28)15-16(18(21,22)23)27(26-24-15)13-8-11(19)5-6-12(13)20/h3-8H,1-2H3,(H,25,28). The van der Waals surface area contributed by atoms with Crippen molar-refractivity contribution in [3.63, 3.8) is 0 Å². The van der Waals surface area contributed by atoms with Crippen molar-refractivity contribution in [1.82, 2.24) is 19.7 Å². The van der Waals surface area contributed by atoms with Crippen molar-refractivity contribution in [3.8, 4) is 5.69 Å². The Morgan fingerprint density at radius 2 is 1.77 bits per heavy atom. The smallest absolute Gasteiger partial charge is 0.266 e. The Labute approximate surface area is 184 Å². The number of benzene rings is 2. The second-order valence-electron chi connectivity index (χ2n) is 6.50. The molecule has 0 saturated carbocycles. The molecule has 31 heavy (non-hydrogen) atoms. The van der Waals surface area contributed by atoms with Gasteiger partial charge in [0.2, 0.25) is 0 Å². The maximum Gasteiger partial charge on any atom is 0.435 e. The van der Waals surface area contributed by atoms with Gasteiger partial charge in [-0.15, -0.1) is 5.10 Å². The molecule has 2 aromatic carbocycles. The number of carbonyl (C=O) groups excluding carboxylic acids is 1. The van der Waals surface area contributed by atoms with E-state index in [0.717, 1.165) is 6.07 Å². The van der Waals surface area contributed by atoms with E-state index in [4.69, 9.17) is 23.2 Å². The van der Waals surface area contributed by atoms with Crippen molar-refractivity contribution in [2.45, 2.75) is 24.9 Å². The minimum Gasteiger partial charge on any atom is -0.266 e. The third-order valence-electron chi connectivity index (χ3n) is 4.15. The summed E-state index contributed by atoms with van der Waals surface area (Å²) in [6.07, 6.45) is -5.12. The number of nitrogens with one attached hydrogen (secondary N) is 1. The van der Waals surface area contributed by atoms with E-state index in [1.54, 1.807) is 17.7 Å². The molecule has 0 spiro atoms. The molecule has 164 valence electrons. The van der Waals surface area contributed by atoms with Crippen LogP contribution in [0.15, 0.2) is 41.3 Å². The van der Waals surface area contributed by atoms with Gasteiger partial charge in [-0.1, -0.05) is 40.5 Å². The van der Waals surface area contributed by atoms with Crippen LogP contribution >= 0.6 is 23.2 Å².